The first kappa shape index (κ1) is 8.54. The van der Waals surface area contributed by atoms with E-state index < -0.39 is 22.1 Å². The zero-order valence-corrected chi connectivity index (χ0v) is 6.50. The van der Waals surface area contributed by atoms with E-state index in [1.54, 1.807) is 0 Å². The summed E-state index contributed by atoms with van der Waals surface area (Å²) in [6, 6.07) is 1.60. The van der Waals surface area contributed by atoms with Crippen LogP contribution in [0.5, 0.6) is 11.5 Å². The molecule has 0 aliphatic carbocycles. The molecule has 0 aliphatic rings. The Hall–Kier alpha value is -1.56. The smallest absolute Gasteiger partial charge is 0.265 e. The summed E-state index contributed by atoms with van der Waals surface area (Å²) in [6.45, 7) is 0. The van der Waals surface area contributed by atoms with Crippen LogP contribution < -0.4 is 5.11 Å². The molecule has 0 saturated heterocycles. The molecule has 1 N–H and O–H groups in total. The Morgan fingerprint density at radius 3 is 2.58 bits per heavy atom. The first-order valence-corrected chi connectivity index (χ1v) is 3.28. The summed E-state index contributed by atoms with van der Waals surface area (Å²) < 4.78 is 0. The Kier molecular flexibility index (Phi) is 2.01. The van der Waals surface area contributed by atoms with E-state index in [0.717, 1.165) is 12.1 Å². The van der Waals surface area contributed by atoms with Crippen molar-refractivity contribution in [1.29, 1.82) is 0 Å². The van der Waals surface area contributed by atoms with E-state index in [0.29, 0.717) is 0 Å². The van der Waals surface area contributed by atoms with Crippen LogP contribution in [-0.4, -0.2) is 10.0 Å². The fourth-order valence-corrected chi connectivity index (χ4v) is 0.847. The minimum absolute atomic E-state index is 0.0781. The Morgan fingerprint density at radius 2 is 2.08 bits per heavy atom. The molecule has 0 heterocycles. The van der Waals surface area contributed by atoms with Crippen LogP contribution in [0.1, 0.15) is 0 Å². The standard InChI is InChI=1S/C6H5NO4S/c8-4-2-6(12)5(9)1-3(4)7(10)11/h1-2,8-9,12H/p-2. The number of rotatable bonds is 1. The summed E-state index contributed by atoms with van der Waals surface area (Å²) >= 11 is 4.51. The van der Waals surface area contributed by atoms with E-state index in [4.69, 9.17) is 5.11 Å². The third-order valence-corrected chi connectivity index (χ3v) is 1.56. The molecule has 0 aliphatic heterocycles. The highest BCUT2D eigenvalue weighted by atomic mass is 32.1. The first-order chi connectivity index (χ1) is 5.52. The molecule has 0 saturated carbocycles. The average molecular weight is 185 g/mol. The lowest BCUT2D eigenvalue weighted by Crippen LogP contribution is -1.97. The van der Waals surface area contributed by atoms with Gasteiger partial charge in [-0.15, -0.1) is 4.90 Å². The number of aromatic hydroxyl groups is 1. The molecule has 12 heavy (non-hydrogen) atoms. The normalized spacial score (nSPS) is 9.67. The number of phenolic OH excluding ortho intramolecular Hbond substituents is 1. The molecular formula is C6H3NO4S-2. The highest BCUT2D eigenvalue weighted by molar-refractivity contribution is 7.59. The van der Waals surface area contributed by atoms with E-state index in [1.165, 1.54) is 0 Å². The van der Waals surface area contributed by atoms with Crippen molar-refractivity contribution in [3.63, 3.8) is 0 Å². The van der Waals surface area contributed by atoms with E-state index >= 15 is 0 Å². The average Bonchev–Trinajstić information content (AvgIpc) is 1.96. The summed E-state index contributed by atoms with van der Waals surface area (Å²) in [5.41, 5.74) is -0.666. The van der Waals surface area contributed by atoms with Crippen LogP contribution in [0.25, 0.3) is 0 Å². The summed E-state index contributed by atoms with van der Waals surface area (Å²) in [6.07, 6.45) is 0. The molecule has 0 fully saturated rings. The van der Waals surface area contributed by atoms with Gasteiger partial charge >= 0.3 is 0 Å². The number of phenols is 1. The van der Waals surface area contributed by atoms with Crippen molar-refractivity contribution in [2.24, 2.45) is 0 Å². The fourth-order valence-electron chi connectivity index (χ4n) is 0.681. The van der Waals surface area contributed by atoms with Crippen LogP contribution in [0.15, 0.2) is 17.0 Å². The molecule has 0 amide bonds. The quantitative estimate of drug-likeness (QED) is 0.385. The van der Waals surface area contributed by atoms with Crippen LogP contribution >= 0.6 is 0 Å². The zero-order chi connectivity index (χ0) is 9.30. The molecule has 1 aromatic carbocycles. The number of hydrogen-bond acceptors (Lipinski definition) is 5. The molecule has 0 atom stereocenters. The lowest BCUT2D eigenvalue weighted by atomic mass is 10.3. The van der Waals surface area contributed by atoms with Crippen LogP contribution in [-0.2, 0) is 12.6 Å². The molecule has 0 aromatic heterocycles. The lowest BCUT2D eigenvalue weighted by molar-refractivity contribution is -0.398. The molecule has 1 aromatic rings. The van der Waals surface area contributed by atoms with Gasteiger partial charge < -0.3 is 22.8 Å². The molecular weight excluding hydrogens is 182 g/mol. The Labute approximate surface area is 72.8 Å². The monoisotopic (exact) mass is 185 g/mol. The van der Waals surface area contributed by atoms with Gasteiger partial charge in [0.1, 0.15) is 5.75 Å². The Balaban J connectivity index is 3.33. The van der Waals surface area contributed by atoms with Gasteiger partial charge in [0.05, 0.1) is 11.0 Å². The number of nitrogens with zero attached hydrogens (tertiary/aromatic N) is 1. The second kappa shape index (κ2) is 2.82. The maximum Gasteiger partial charge on any atom is 0.265 e. The number of nitro groups is 1. The summed E-state index contributed by atoms with van der Waals surface area (Å²) in [5.74, 6) is -1.21. The summed E-state index contributed by atoms with van der Waals surface area (Å²) in [4.78, 5) is 9.20. The maximum absolute atomic E-state index is 10.8. The van der Waals surface area contributed by atoms with Crippen LogP contribution in [0, 0.1) is 10.1 Å². The van der Waals surface area contributed by atoms with Gasteiger partial charge in [0.25, 0.3) is 5.69 Å². The highest BCUT2D eigenvalue weighted by Gasteiger charge is 2.07. The van der Waals surface area contributed by atoms with Crippen molar-refractivity contribution in [3.05, 3.63) is 22.2 Å². The second-order valence-corrected chi connectivity index (χ2v) is 2.48. The predicted octanol–water partition coefficient (Wildman–Crippen LogP) is 0.280. The van der Waals surface area contributed by atoms with Crippen LogP contribution in [0.3, 0.4) is 0 Å². The number of hydrogen-bond donors (Lipinski definition) is 1. The Morgan fingerprint density at radius 1 is 1.50 bits per heavy atom. The van der Waals surface area contributed by atoms with Gasteiger partial charge in [0.2, 0.25) is 0 Å². The van der Waals surface area contributed by atoms with Gasteiger partial charge in [0, 0.05) is 0 Å². The van der Waals surface area contributed by atoms with E-state index in [-0.39, 0.29) is 4.90 Å². The molecule has 0 spiro atoms. The molecule has 0 bridgehead atoms. The highest BCUT2D eigenvalue weighted by Crippen LogP contribution is 2.30. The van der Waals surface area contributed by atoms with Crippen molar-refractivity contribution in [2.45, 2.75) is 4.90 Å². The third kappa shape index (κ3) is 1.37. The summed E-state index contributed by atoms with van der Waals surface area (Å²) in [5, 5.41) is 29.9. The second-order valence-electron chi connectivity index (χ2n) is 2.04. The molecule has 0 unspecified atom stereocenters. The van der Waals surface area contributed by atoms with Crippen molar-refractivity contribution in [2.75, 3.05) is 0 Å². The van der Waals surface area contributed by atoms with Crippen LogP contribution in [0.2, 0.25) is 0 Å². The third-order valence-electron chi connectivity index (χ3n) is 1.24. The maximum atomic E-state index is 10.8. The van der Waals surface area contributed by atoms with Crippen molar-refractivity contribution in [3.8, 4) is 11.5 Å². The van der Waals surface area contributed by atoms with Gasteiger partial charge in [-0.25, -0.2) is 0 Å². The predicted molar refractivity (Wildman–Crippen MR) is 39.8 cm³/mol. The number of nitro benzene ring substituents is 1. The van der Waals surface area contributed by atoms with Crippen LogP contribution in [0.4, 0.5) is 5.69 Å². The van der Waals surface area contributed by atoms with Crippen molar-refractivity contribution < 1.29 is 15.1 Å². The van der Waals surface area contributed by atoms with Crippen molar-refractivity contribution in [1.82, 2.24) is 0 Å². The SMILES string of the molecule is O=[N+]([O-])c1cc(O)c([S-])cc1[O-]. The largest absolute Gasteiger partial charge is 0.868 e. The first-order valence-electron chi connectivity index (χ1n) is 2.88. The topological polar surface area (TPSA) is 86.4 Å². The number of benzene rings is 1. The van der Waals surface area contributed by atoms with Gasteiger partial charge in [-0.2, -0.15) is 0 Å². The van der Waals surface area contributed by atoms with E-state index in [1.807, 2.05) is 0 Å². The molecule has 6 heteroatoms. The lowest BCUT2D eigenvalue weighted by Gasteiger charge is -2.13. The molecule has 5 nitrogen and oxygen atoms in total. The van der Waals surface area contributed by atoms with Gasteiger partial charge in [-0.05, 0) is 5.75 Å². The fraction of sp³-hybridized carbons (Fsp3) is 0. The molecule has 64 valence electrons. The minimum Gasteiger partial charge on any atom is -0.868 e. The van der Waals surface area contributed by atoms with E-state index in [9.17, 15) is 15.2 Å². The Bertz CT molecular complexity index is 339. The zero-order valence-electron chi connectivity index (χ0n) is 5.68. The molecule has 1 rings (SSSR count). The van der Waals surface area contributed by atoms with Gasteiger partial charge in [0.15, 0.2) is 0 Å². The van der Waals surface area contributed by atoms with E-state index in [2.05, 4.69) is 12.6 Å². The van der Waals surface area contributed by atoms with Gasteiger partial charge in [-0.1, -0.05) is 6.07 Å². The van der Waals surface area contributed by atoms with Crippen molar-refractivity contribution >= 4 is 18.3 Å². The summed E-state index contributed by atoms with van der Waals surface area (Å²) in [7, 11) is 0. The minimum atomic E-state index is -0.864. The van der Waals surface area contributed by atoms with Gasteiger partial charge in [-0.3, -0.25) is 10.1 Å². The molecule has 0 radical (unpaired) electrons.